The van der Waals surface area contributed by atoms with Crippen LogP contribution in [0.4, 0.5) is 10.1 Å². The van der Waals surface area contributed by atoms with Gasteiger partial charge in [0, 0.05) is 36.3 Å². The molecule has 0 saturated heterocycles. The van der Waals surface area contributed by atoms with E-state index in [4.69, 9.17) is 9.47 Å². The standard InChI is InChI=1S/C22H22FN3O4/c1-29-19-11-9-17(14-20(19)30-2)24-21(27)4-3-13-26-22(28)12-10-18(25-26)15-5-7-16(23)8-6-15/h5-12,14H,3-4,13H2,1-2H3,(H,24,27). The molecular formula is C22H22FN3O4. The lowest BCUT2D eigenvalue weighted by molar-refractivity contribution is -0.116. The minimum Gasteiger partial charge on any atom is -0.493 e. The Labute approximate surface area is 173 Å². The van der Waals surface area contributed by atoms with E-state index < -0.39 is 0 Å². The molecule has 3 rings (SSSR count). The smallest absolute Gasteiger partial charge is 0.266 e. The van der Waals surface area contributed by atoms with Crippen molar-refractivity contribution < 1.29 is 18.7 Å². The molecule has 156 valence electrons. The zero-order chi connectivity index (χ0) is 21.5. The van der Waals surface area contributed by atoms with Gasteiger partial charge in [0.15, 0.2) is 11.5 Å². The summed E-state index contributed by atoms with van der Waals surface area (Å²) in [5.41, 5.74) is 1.59. The zero-order valence-corrected chi connectivity index (χ0v) is 16.7. The van der Waals surface area contributed by atoms with Gasteiger partial charge in [-0.15, -0.1) is 0 Å². The molecule has 2 aromatic carbocycles. The number of hydrogen-bond donors (Lipinski definition) is 1. The number of carbonyl (C=O) groups excluding carboxylic acids is 1. The number of nitrogens with zero attached hydrogens (tertiary/aromatic N) is 2. The maximum atomic E-state index is 13.1. The summed E-state index contributed by atoms with van der Waals surface area (Å²) in [7, 11) is 3.06. The van der Waals surface area contributed by atoms with Crippen LogP contribution in [0, 0.1) is 5.82 Å². The summed E-state index contributed by atoms with van der Waals surface area (Å²) in [5.74, 6) is 0.558. The highest BCUT2D eigenvalue weighted by Gasteiger charge is 2.09. The van der Waals surface area contributed by atoms with Crippen molar-refractivity contribution in [3.8, 4) is 22.8 Å². The highest BCUT2D eigenvalue weighted by molar-refractivity contribution is 5.91. The molecule has 0 radical (unpaired) electrons. The Kier molecular flexibility index (Phi) is 6.79. The first-order chi connectivity index (χ1) is 14.5. The van der Waals surface area contributed by atoms with Crippen molar-refractivity contribution in [1.29, 1.82) is 0 Å². The Morgan fingerprint density at radius 3 is 2.47 bits per heavy atom. The van der Waals surface area contributed by atoms with Crippen LogP contribution in [0.2, 0.25) is 0 Å². The van der Waals surface area contributed by atoms with Crippen molar-refractivity contribution in [2.45, 2.75) is 19.4 Å². The van der Waals surface area contributed by atoms with Gasteiger partial charge in [-0.1, -0.05) is 0 Å². The molecular weight excluding hydrogens is 389 g/mol. The van der Waals surface area contributed by atoms with Crippen LogP contribution >= 0.6 is 0 Å². The number of methoxy groups -OCH3 is 2. The molecule has 8 heteroatoms. The van der Waals surface area contributed by atoms with Crippen molar-refractivity contribution in [3.63, 3.8) is 0 Å². The van der Waals surface area contributed by atoms with E-state index in [9.17, 15) is 14.0 Å². The van der Waals surface area contributed by atoms with Gasteiger partial charge in [0.25, 0.3) is 5.56 Å². The SMILES string of the molecule is COc1ccc(NC(=O)CCCn2nc(-c3ccc(F)cc3)ccc2=O)cc1OC. The zero-order valence-electron chi connectivity index (χ0n) is 16.7. The monoisotopic (exact) mass is 411 g/mol. The molecule has 3 aromatic rings. The van der Waals surface area contributed by atoms with Crippen LogP contribution in [0.25, 0.3) is 11.3 Å². The number of nitrogens with one attached hydrogen (secondary N) is 1. The Morgan fingerprint density at radius 2 is 1.77 bits per heavy atom. The Balaban J connectivity index is 1.59. The third-order valence-electron chi connectivity index (χ3n) is 4.45. The van der Waals surface area contributed by atoms with Gasteiger partial charge < -0.3 is 14.8 Å². The van der Waals surface area contributed by atoms with Crippen molar-refractivity contribution >= 4 is 11.6 Å². The van der Waals surface area contributed by atoms with Crippen LogP contribution in [-0.2, 0) is 11.3 Å². The average Bonchev–Trinajstić information content (AvgIpc) is 2.75. The quantitative estimate of drug-likeness (QED) is 0.614. The minimum atomic E-state index is -0.340. The van der Waals surface area contributed by atoms with E-state index in [2.05, 4.69) is 10.4 Å². The topological polar surface area (TPSA) is 82.5 Å². The predicted molar refractivity (Wildman–Crippen MR) is 111 cm³/mol. The van der Waals surface area contributed by atoms with E-state index in [0.29, 0.717) is 34.9 Å². The summed E-state index contributed by atoms with van der Waals surface area (Å²) in [4.78, 5) is 24.3. The van der Waals surface area contributed by atoms with Gasteiger partial charge in [0.1, 0.15) is 5.82 Å². The maximum Gasteiger partial charge on any atom is 0.266 e. The number of anilines is 1. The van der Waals surface area contributed by atoms with E-state index in [1.165, 1.54) is 37.1 Å². The van der Waals surface area contributed by atoms with Gasteiger partial charge in [0.2, 0.25) is 5.91 Å². The van der Waals surface area contributed by atoms with Crippen LogP contribution in [0.5, 0.6) is 11.5 Å². The van der Waals surface area contributed by atoms with E-state index in [-0.39, 0.29) is 30.2 Å². The third-order valence-corrected chi connectivity index (χ3v) is 4.45. The van der Waals surface area contributed by atoms with Crippen LogP contribution in [0.3, 0.4) is 0 Å². The van der Waals surface area contributed by atoms with Crippen molar-refractivity contribution in [3.05, 3.63) is 70.8 Å². The molecule has 1 heterocycles. The fourth-order valence-electron chi connectivity index (χ4n) is 2.91. The van der Waals surface area contributed by atoms with Crippen LogP contribution < -0.4 is 20.3 Å². The Bertz CT molecular complexity index is 1080. The lowest BCUT2D eigenvalue weighted by atomic mass is 10.1. The average molecular weight is 411 g/mol. The van der Waals surface area contributed by atoms with Crippen LogP contribution in [0.1, 0.15) is 12.8 Å². The number of aromatic nitrogens is 2. The van der Waals surface area contributed by atoms with Gasteiger partial charge in [-0.3, -0.25) is 9.59 Å². The number of amides is 1. The molecule has 0 aliphatic heterocycles. The number of ether oxygens (including phenoxy) is 2. The normalized spacial score (nSPS) is 10.5. The highest BCUT2D eigenvalue weighted by Crippen LogP contribution is 2.29. The van der Waals surface area contributed by atoms with Gasteiger partial charge in [-0.25, -0.2) is 9.07 Å². The van der Waals surface area contributed by atoms with Crippen LogP contribution in [0.15, 0.2) is 59.4 Å². The number of benzene rings is 2. The van der Waals surface area contributed by atoms with Gasteiger partial charge in [0.05, 0.1) is 19.9 Å². The van der Waals surface area contributed by atoms with E-state index >= 15 is 0 Å². The highest BCUT2D eigenvalue weighted by atomic mass is 19.1. The molecule has 7 nitrogen and oxygen atoms in total. The fourth-order valence-corrected chi connectivity index (χ4v) is 2.91. The molecule has 0 fully saturated rings. The largest absolute Gasteiger partial charge is 0.493 e. The van der Waals surface area contributed by atoms with Gasteiger partial charge >= 0.3 is 0 Å². The number of rotatable bonds is 8. The van der Waals surface area contributed by atoms with E-state index in [1.54, 1.807) is 36.4 Å². The second-order valence-electron chi connectivity index (χ2n) is 6.51. The summed E-state index contributed by atoms with van der Waals surface area (Å²) in [5, 5.41) is 7.11. The first kappa shape index (κ1) is 21.0. The Hall–Kier alpha value is -3.68. The second kappa shape index (κ2) is 9.69. The number of hydrogen-bond acceptors (Lipinski definition) is 5. The maximum absolute atomic E-state index is 13.1. The molecule has 0 aliphatic rings. The number of halogens is 1. The lowest BCUT2D eigenvalue weighted by Crippen LogP contribution is -2.23. The predicted octanol–water partition coefficient (Wildman–Crippen LogP) is 3.49. The molecule has 0 aliphatic carbocycles. The van der Waals surface area contributed by atoms with E-state index in [0.717, 1.165) is 0 Å². The van der Waals surface area contributed by atoms with Crippen molar-refractivity contribution in [2.75, 3.05) is 19.5 Å². The molecule has 0 spiro atoms. The molecule has 1 amide bonds. The van der Waals surface area contributed by atoms with E-state index in [1.807, 2.05) is 0 Å². The lowest BCUT2D eigenvalue weighted by Gasteiger charge is -2.11. The van der Waals surface area contributed by atoms with Crippen LogP contribution in [-0.4, -0.2) is 29.9 Å². The van der Waals surface area contributed by atoms with Crippen molar-refractivity contribution in [2.24, 2.45) is 0 Å². The molecule has 1 aromatic heterocycles. The molecule has 0 unspecified atom stereocenters. The molecule has 0 bridgehead atoms. The van der Waals surface area contributed by atoms with Crippen molar-refractivity contribution in [1.82, 2.24) is 9.78 Å². The first-order valence-corrected chi connectivity index (χ1v) is 9.36. The molecule has 0 saturated carbocycles. The summed E-state index contributed by atoms with van der Waals surface area (Å²) in [6, 6.07) is 14.0. The summed E-state index contributed by atoms with van der Waals surface area (Å²) < 4.78 is 24.8. The molecule has 30 heavy (non-hydrogen) atoms. The Morgan fingerprint density at radius 1 is 1.03 bits per heavy atom. The second-order valence-corrected chi connectivity index (χ2v) is 6.51. The summed E-state index contributed by atoms with van der Waals surface area (Å²) in [6.07, 6.45) is 0.641. The first-order valence-electron chi connectivity index (χ1n) is 9.36. The summed E-state index contributed by atoms with van der Waals surface area (Å²) >= 11 is 0. The molecule has 0 atom stereocenters. The third kappa shape index (κ3) is 5.22. The van der Waals surface area contributed by atoms with Gasteiger partial charge in [-0.2, -0.15) is 5.10 Å². The number of aryl methyl sites for hydroxylation is 1. The molecule has 1 N–H and O–H groups in total. The fraction of sp³-hybridized carbons (Fsp3) is 0.227. The number of carbonyl (C=O) groups is 1. The minimum absolute atomic E-state index is 0.190. The van der Waals surface area contributed by atoms with Gasteiger partial charge in [-0.05, 0) is 48.9 Å². The summed E-state index contributed by atoms with van der Waals surface area (Å²) in [6.45, 7) is 0.285.